The van der Waals surface area contributed by atoms with Gasteiger partial charge in [-0.15, -0.1) is 0 Å². The summed E-state index contributed by atoms with van der Waals surface area (Å²) >= 11 is 0. The predicted octanol–water partition coefficient (Wildman–Crippen LogP) is 2.49. The molecule has 0 spiro atoms. The predicted molar refractivity (Wildman–Crippen MR) is 82.2 cm³/mol. The van der Waals surface area contributed by atoms with Gasteiger partial charge in [-0.2, -0.15) is 0 Å². The minimum absolute atomic E-state index is 0.269. The highest BCUT2D eigenvalue weighted by Crippen LogP contribution is 2.37. The van der Waals surface area contributed by atoms with E-state index in [1.807, 2.05) is 0 Å². The summed E-state index contributed by atoms with van der Waals surface area (Å²) in [5, 5.41) is 0. The van der Waals surface area contributed by atoms with E-state index in [9.17, 15) is 9.59 Å². The summed E-state index contributed by atoms with van der Waals surface area (Å²) in [6.07, 6.45) is 6.24. The summed E-state index contributed by atoms with van der Waals surface area (Å²) in [4.78, 5) is 24.8. The maximum atomic E-state index is 12.4. The van der Waals surface area contributed by atoms with Crippen molar-refractivity contribution < 1.29 is 28.5 Å². The monoisotopic (exact) mass is 324 g/mol. The van der Waals surface area contributed by atoms with E-state index < -0.39 is 18.2 Å². The van der Waals surface area contributed by atoms with Crippen LogP contribution < -0.4 is 0 Å². The Morgan fingerprint density at radius 2 is 1.74 bits per heavy atom. The Hall–Kier alpha value is -1.82. The van der Waals surface area contributed by atoms with E-state index >= 15 is 0 Å². The number of methoxy groups -OCH3 is 3. The Bertz CT molecular complexity index is 519. The van der Waals surface area contributed by atoms with Crippen molar-refractivity contribution >= 4 is 11.9 Å². The molecule has 0 aromatic heterocycles. The average Bonchev–Trinajstić information content (AvgIpc) is 2.76. The van der Waals surface area contributed by atoms with Crippen molar-refractivity contribution in [1.29, 1.82) is 0 Å². The lowest BCUT2D eigenvalue weighted by atomic mass is 9.84. The van der Waals surface area contributed by atoms with E-state index in [1.54, 1.807) is 0 Å². The highest BCUT2D eigenvalue weighted by Gasteiger charge is 2.39. The third kappa shape index (κ3) is 3.75. The van der Waals surface area contributed by atoms with Gasteiger partial charge in [0.2, 0.25) is 6.29 Å². The summed E-state index contributed by atoms with van der Waals surface area (Å²) in [7, 11) is 4.15. The molecule has 2 bridgehead atoms. The van der Waals surface area contributed by atoms with Crippen LogP contribution in [0.25, 0.3) is 0 Å². The van der Waals surface area contributed by atoms with Crippen LogP contribution in [0.2, 0.25) is 0 Å². The lowest BCUT2D eigenvalue weighted by Crippen LogP contribution is -2.31. The van der Waals surface area contributed by atoms with Gasteiger partial charge in [-0.3, -0.25) is 0 Å². The molecule has 0 radical (unpaired) electrons. The van der Waals surface area contributed by atoms with Gasteiger partial charge in [0, 0.05) is 12.7 Å². The van der Waals surface area contributed by atoms with E-state index in [2.05, 4.69) is 0 Å². The van der Waals surface area contributed by atoms with Gasteiger partial charge in [-0.25, -0.2) is 9.59 Å². The van der Waals surface area contributed by atoms with Crippen molar-refractivity contribution in [2.24, 2.45) is 5.92 Å². The second-order valence-corrected chi connectivity index (χ2v) is 5.71. The van der Waals surface area contributed by atoms with Gasteiger partial charge in [-0.05, 0) is 19.3 Å². The first-order chi connectivity index (χ1) is 11.1. The molecule has 0 unspecified atom stereocenters. The van der Waals surface area contributed by atoms with E-state index in [1.165, 1.54) is 27.6 Å². The number of carbonyl (C=O) groups is 2. The first-order valence-corrected chi connectivity index (χ1v) is 7.92. The molecule has 0 aromatic carbocycles. The number of hydrogen-bond donors (Lipinski definition) is 0. The highest BCUT2D eigenvalue weighted by molar-refractivity contribution is 6.04. The first kappa shape index (κ1) is 17.5. The molecule has 23 heavy (non-hydrogen) atoms. The highest BCUT2D eigenvalue weighted by atomic mass is 16.7. The SMILES string of the molecule is COC(=O)C1=C(C(=O)OC)[C@@H]2CCCCCCC1=CO[C@@H]2OC. The number of ether oxygens (including phenoxy) is 4. The van der Waals surface area contributed by atoms with Crippen molar-refractivity contribution in [2.75, 3.05) is 21.3 Å². The van der Waals surface area contributed by atoms with Crippen LogP contribution in [-0.4, -0.2) is 39.6 Å². The van der Waals surface area contributed by atoms with Crippen molar-refractivity contribution in [3.05, 3.63) is 23.0 Å². The molecule has 0 saturated heterocycles. The van der Waals surface area contributed by atoms with E-state index in [4.69, 9.17) is 18.9 Å². The Kier molecular flexibility index (Phi) is 6.21. The molecule has 6 heteroatoms. The summed E-state index contributed by atoms with van der Waals surface area (Å²) < 4.78 is 21.0. The van der Waals surface area contributed by atoms with Gasteiger partial charge < -0.3 is 18.9 Å². The van der Waals surface area contributed by atoms with Gasteiger partial charge in [-0.1, -0.05) is 19.3 Å². The number of carbonyl (C=O) groups excluding carboxylic acids is 2. The van der Waals surface area contributed by atoms with Gasteiger partial charge in [0.25, 0.3) is 0 Å². The van der Waals surface area contributed by atoms with Gasteiger partial charge >= 0.3 is 11.9 Å². The third-order valence-corrected chi connectivity index (χ3v) is 4.37. The maximum Gasteiger partial charge on any atom is 0.338 e. The fraction of sp³-hybridized carbons (Fsp3) is 0.647. The average molecular weight is 324 g/mol. The molecule has 1 heterocycles. The van der Waals surface area contributed by atoms with E-state index in [0.717, 1.165) is 25.7 Å². The largest absolute Gasteiger partial charge is 0.472 e. The molecule has 2 rings (SSSR count). The summed E-state index contributed by atoms with van der Waals surface area (Å²) in [5.41, 5.74) is 1.24. The zero-order chi connectivity index (χ0) is 16.8. The third-order valence-electron chi connectivity index (χ3n) is 4.37. The van der Waals surface area contributed by atoms with Crippen LogP contribution >= 0.6 is 0 Å². The van der Waals surface area contributed by atoms with E-state index in [0.29, 0.717) is 24.0 Å². The Balaban J connectivity index is 2.64. The van der Waals surface area contributed by atoms with Crippen LogP contribution in [0.3, 0.4) is 0 Å². The van der Waals surface area contributed by atoms with Crippen LogP contribution in [-0.2, 0) is 28.5 Å². The molecular formula is C17H24O6. The number of hydrogen-bond acceptors (Lipinski definition) is 6. The molecule has 1 aliphatic carbocycles. The topological polar surface area (TPSA) is 71.1 Å². The van der Waals surface area contributed by atoms with E-state index in [-0.39, 0.29) is 11.5 Å². The normalized spacial score (nSPS) is 25.1. The molecular weight excluding hydrogens is 300 g/mol. The van der Waals surface area contributed by atoms with Crippen molar-refractivity contribution in [1.82, 2.24) is 0 Å². The molecule has 2 atom stereocenters. The first-order valence-electron chi connectivity index (χ1n) is 7.92. The van der Waals surface area contributed by atoms with Crippen LogP contribution in [0.4, 0.5) is 0 Å². The number of fused-ring (bicyclic) bond motifs is 2. The smallest absolute Gasteiger partial charge is 0.338 e. The molecule has 0 aromatic rings. The fourth-order valence-corrected chi connectivity index (χ4v) is 3.22. The van der Waals surface area contributed by atoms with Crippen LogP contribution in [0.1, 0.15) is 38.5 Å². The van der Waals surface area contributed by atoms with Gasteiger partial charge in [0.15, 0.2) is 0 Å². The van der Waals surface area contributed by atoms with Crippen molar-refractivity contribution in [3.63, 3.8) is 0 Å². The summed E-state index contributed by atoms with van der Waals surface area (Å²) in [6.45, 7) is 0. The molecule has 0 amide bonds. The fourth-order valence-electron chi connectivity index (χ4n) is 3.22. The molecule has 0 fully saturated rings. The van der Waals surface area contributed by atoms with Gasteiger partial charge in [0.05, 0.1) is 37.5 Å². The van der Waals surface area contributed by atoms with Crippen LogP contribution in [0.15, 0.2) is 23.0 Å². The molecule has 2 aliphatic rings. The standard InChI is InChI=1S/C17H24O6/c1-20-15(18)13-11-8-6-4-5-7-9-12(14(13)16(19)21-2)17(22-3)23-10-11/h10,12,17H,4-9H2,1-3H3/t12-,17-/m0/s1. The lowest BCUT2D eigenvalue weighted by molar-refractivity contribution is -0.143. The summed E-state index contributed by atoms with van der Waals surface area (Å²) in [5.74, 6) is -1.44. The number of rotatable bonds is 3. The van der Waals surface area contributed by atoms with Crippen LogP contribution in [0, 0.1) is 5.92 Å². The quantitative estimate of drug-likeness (QED) is 0.743. The Morgan fingerprint density at radius 1 is 1.04 bits per heavy atom. The van der Waals surface area contributed by atoms with Crippen LogP contribution in [0.5, 0.6) is 0 Å². The van der Waals surface area contributed by atoms with Crippen molar-refractivity contribution in [2.45, 2.75) is 44.8 Å². The minimum atomic E-state index is -0.626. The molecule has 0 saturated carbocycles. The molecule has 1 aliphatic heterocycles. The Morgan fingerprint density at radius 3 is 2.39 bits per heavy atom. The molecule has 128 valence electrons. The van der Waals surface area contributed by atoms with Gasteiger partial charge in [0.1, 0.15) is 0 Å². The number of esters is 2. The zero-order valence-corrected chi connectivity index (χ0v) is 13.9. The zero-order valence-electron chi connectivity index (χ0n) is 13.9. The second kappa shape index (κ2) is 8.15. The molecule has 0 N–H and O–H groups in total. The van der Waals surface area contributed by atoms with Crippen molar-refractivity contribution in [3.8, 4) is 0 Å². The lowest BCUT2D eigenvalue weighted by Gasteiger charge is -2.26. The maximum absolute atomic E-state index is 12.4. The summed E-state index contributed by atoms with van der Waals surface area (Å²) in [6, 6.07) is 0. The second-order valence-electron chi connectivity index (χ2n) is 5.71. The molecule has 6 nitrogen and oxygen atoms in total. The minimum Gasteiger partial charge on any atom is -0.472 e. The Labute approximate surface area is 136 Å².